The van der Waals surface area contributed by atoms with Crippen LogP contribution in [0.5, 0.6) is 5.75 Å². The van der Waals surface area contributed by atoms with Gasteiger partial charge in [-0.3, -0.25) is 14.5 Å². The van der Waals surface area contributed by atoms with Gasteiger partial charge in [0.1, 0.15) is 17.1 Å². The van der Waals surface area contributed by atoms with Crippen molar-refractivity contribution >= 4 is 32.4 Å². The van der Waals surface area contributed by atoms with Crippen molar-refractivity contribution in [2.75, 3.05) is 29.8 Å². The van der Waals surface area contributed by atoms with Gasteiger partial charge in [-0.05, 0) is 18.6 Å². The van der Waals surface area contributed by atoms with E-state index in [1.165, 1.54) is 12.0 Å². The number of methoxy groups -OCH3 is 1. The molecule has 0 bridgehead atoms. The minimum atomic E-state index is -4.55. The van der Waals surface area contributed by atoms with E-state index in [1.54, 1.807) is 30.1 Å². The van der Waals surface area contributed by atoms with E-state index >= 15 is 0 Å². The summed E-state index contributed by atoms with van der Waals surface area (Å²) >= 11 is 0. The highest BCUT2D eigenvalue weighted by Crippen LogP contribution is 2.35. The van der Waals surface area contributed by atoms with Crippen LogP contribution in [0.15, 0.2) is 24.4 Å². The molecule has 2 aromatic heterocycles. The predicted octanol–water partition coefficient (Wildman–Crippen LogP) is 2.34. The molecule has 9 nitrogen and oxygen atoms in total. The van der Waals surface area contributed by atoms with Crippen LogP contribution in [0.25, 0.3) is 10.9 Å². The lowest BCUT2D eigenvalue weighted by atomic mass is 10.2. The fourth-order valence-electron chi connectivity index (χ4n) is 3.55. The van der Waals surface area contributed by atoms with Crippen molar-refractivity contribution in [3.8, 4) is 5.75 Å². The number of aromatic amines is 1. The van der Waals surface area contributed by atoms with Crippen molar-refractivity contribution in [2.45, 2.75) is 17.8 Å². The van der Waals surface area contributed by atoms with Crippen molar-refractivity contribution in [2.24, 2.45) is 7.05 Å². The fourth-order valence-corrected chi connectivity index (χ4v) is 4.99. The molecule has 13 heteroatoms. The summed E-state index contributed by atoms with van der Waals surface area (Å²) in [5.41, 5.74) is -0.142. The number of aromatic nitrogens is 4. The highest BCUT2D eigenvalue weighted by atomic mass is 32.2. The number of H-pyrrole nitrogens is 1. The number of nitrogens with one attached hydrogen (secondary N) is 2. The van der Waals surface area contributed by atoms with Gasteiger partial charge >= 0.3 is 6.18 Å². The maximum Gasteiger partial charge on any atom is 0.432 e. The molecule has 3 aromatic rings. The van der Waals surface area contributed by atoms with Gasteiger partial charge in [-0.15, -0.1) is 0 Å². The number of hydrogen-bond acceptors (Lipinski definition) is 6. The summed E-state index contributed by atoms with van der Waals surface area (Å²) in [6.45, 7) is 0.280. The zero-order valence-corrected chi connectivity index (χ0v) is 16.9. The Bertz CT molecular complexity index is 1190. The molecule has 1 aliphatic heterocycles. The molecule has 1 atom stereocenters. The lowest BCUT2D eigenvalue weighted by molar-refractivity contribution is -0.141. The third-order valence-electron chi connectivity index (χ3n) is 5.11. The van der Waals surface area contributed by atoms with Gasteiger partial charge in [0.2, 0.25) is 10.0 Å². The Morgan fingerprint density at radius 2 is 2.10 bits per heavy atom. The molecule has 1 fully saturated rings. The van der Waals surface area contributed by atoms with E-state index in [1.807, 2.05) is 5.10 Å². The van der Waals surface area contributed by atoms with Crippen LogP contribution in [0.3, 0.4) is 0 Å². The van der Waals surface area contributed by atoms with Gasteiger partial charge < -0.3 is 9.64 Å². The first-order valence-electron chi connectivity index (χ1n) is 8.98. The molecule has 1 aliphatic rings. The van der Waals surface area contributed by atoms with Crippen LogP contribution in [0, 0.1) is 0 Å². The third-order valence-corrected chi connectivity index (χ3v) is 6.86. The predicted molar refractivity (Wildman–Crippen MR) is 104 cm³/mol. The monoisotopic (exact) mass is 444 g/mol. The van der Waals surface area contributed by atoms with Crippen molar-refractivity contribution < 1.29 is 26.3 Å². The summed E-state index contributed by atoms with van der Waals surface area (Å²) in [6, 6.07) is 4.29. The summed E-state index contributed by atoms with van der Waals surface area (Å²) in [7, 11) is -0.747. The number of sulfonamides is 1. The second kappa shape index (κ2) is 7.07. The SMILES string of the molecule is COc1ccc2cnn(C)c2c1NS(=O)(=O)C1CCN(c2cc(C(F)(F)F)[nH]n2)C1. The van der Waals surface area contributed by atoms with E-state index in [-0.39, 0.29) is 31.0 Å². The maximum atomic E-state index is 13.1. The first kappa shape index (κ1) is 20.3. The third kappa shape index (κ3) is 3.53. The zero-order valence-electron chi connectivity index (χ0n) is 16.1. The number of rotatable bonds is 5. The Balaban J connectivity index is 1.58. The molecule has 0 amide bonds. The number of nitrogens with zero attached hydrogens (tertiary/aromatic N) is 4. The van der Waals surface area contributed by atoms with Gasteiger partial charge in [-0.2, -0.15) is 23.4 Å². The summed E-state index contributed by atoms with van der Waals surface area (Å²) < 4.78 is 73.9. The second-order valence-corrected chi connectivity index (χ2v) is 8.95. The number of fused-ring (bicyclic) bond motifs is 1. The van der Waals surface area contributed by atoms with Crippen molar-refractivity contribution in [3.05, 3.63) is 30.1 Å². The van der Waals surface area contributed by atoms with E-state index in [9.17, 15) is 21.6 Å². The molecule has 30 heavy (non-hydrogen) atoms. The molecular formula is C17H19F3N6O3S. The largest absolute Gasteiger partial charge is 0.494 e. The maximum absolute atomic E-state index is 13.1. The number of aryl methyl sites for hydroxylation is 1. The van der Waals surface area contributed by atoms with Gasteiger partial charge in [0.15, 0.2) is 5.82 Å². The number of halogens is 3. The van der Waals surface area contributed by atoms with Crippen LogP contribution in [-0.4, -0.2) is 53.8 Å². The minimum Gasteiger partial charge on any atom is -0.494 e. The second-order valence-electron chi connectivity index (χ2n) is 6.99. The zero-order chi connectivity index (χ0) is 21.7. The summed E-state index contributed by atoms with van der Waals surface area (Å²) in [4.78, 5) is 1.51. The smallest absolute Gasteiger partial charge is 0.432 e. The molecule has 162 valence electrons. The number of benzene rings is 1. The van der Waals surface area contributed by atoms with E-state index in [0.717, 1.165) is 11.5 Å². The Kier molecular flexibility index (Phi) is 4.79. The van der Waals surface area contributed by atoms with Crippen LogP contribution in [0.4, 0.5) is 24.7 Å². The van der Waals surface area contributed by atoms with E-state index < -0.39 is 27.1 Å². The number of hydrogen-bond donors (Lipinski definition) is 2. The van der Waals surface area contributed by atoms with Gasteiger partial charge in [-0.1, -0.05) is 0 Å². The summed E-state index contributed by atoms with van der Waals surface area (Å²) in [6.07, 6.45) is -2.69. The number of anilines is 2. The molecule has 0 aliphatic carbocycles. The molecular weight excluding hydrogens is 425 g/mol. The quantitative estimate of drug-likeness (QED) is 0.626. The van der Waals surface area contributed by atoms with Gasteiger partial charge in [-0.25, -0.2) is 8.42 Å². The topological polar surface area (TPSA) is 105 Å². The summed E-state index contributed by atoms with van der Waals surface area (Å²) in [5, 5.41) is 9.67. The average Bonchev–Trinajstić information content (AvgIpc) is 3.40. The lowest BCUT2D eigenvalue weighted by Crippen LogP contribution is -2.31. The molecule has 4 rings (SSSR count). The molecule has 1 saturated heterocycles. The molecule has 0 spiro atoms. The van der Waals surface area contributed by atoms with Crippen molar-refractivity contribution in [1.82, 2.24) is 20.0 Å². The molecule has 0 saturated carbocycles. The molecule has 0 radical (unpaired) electrons. The van der Waals surface area contributed by atoms with Crippen LogP contribution in [-0.2, 0) is 23.2 Å². The standard InChI is InChI=1S/C17H19F3N6O3S/c1-25-16-10(8-21-25)3-4-12(29-2)15(16)24-30(27,28)11-5-6-26(9-11)14-7-13(22-23-14)17(18,19)20/h3-4,7-8,11,24H,5-6,9H2,1-2H3,(H,22,23). The van der Waals surface area contributed by atoms with Crippen LogP contribution >= 0.6 is 0 Å². The highest BCUT2D eigenvalue weighted by Gasteiger charge is 2.37. The van der Waals surface area contributed by atoms with E-state index in [0.29, 0.717) is 11.3 Å². The first-order valence-corrected chi connectivity index (χ1v) is 10.5. The molecule has 3 heterocycles. The Morgan fingerprint density at radius 1 is 1.33 bits per heavy atom. The summed E-state index contributed by atoms with van der Waals surface area (Å²) in [5.74, 6) is 0.401. The van der Waals surface area contributed by atoms with Crippen LogP contribution in [0.2, 0.25) is 0 Å². The minimum absolute atomic E-state index is 0.0150. The molecule has 2 N–H and O–H groups in total. The van der Waals surface area contributed by atoms with Gasteiger partial charge in [0.05, 0.1) is 24.1 Å². The Labute approximate surface area is 169 Å². The highest BCUT2D eigenvalue weighted by molar-refractivity contribution is 7.93. The normalized spacial score (nSPS) is 17.6. The molecule has 1 aromatic carbocycles. The molecule has 1 unspecified atom stereocenters. The Hall–Kier alpha value is -2.96. The van der Waals surface area contributed by atoms with Gasteiger partial charge in [0, 0.05) is 31.6 Å². The average molecular weight is 444 g/mol. The van der Waals surface area contributed by atoms with Crippen LogP contribution < -0.4 is 14.4 Å². The Morgan fingerprint density at radius 3 is 2.77 bits per heavy atom. The van der Waals surface area contributed by atoms with E-state index in [2.05, 4.69) is 14.9 Å². The van der Waals surface area contributed by atoms with E-state index in [4.69, 9.17) is 4.74 Å². The first-order chi connectivity index (χ1) is 14.1. The van der Waals surface area contributed by atoms with Crippen molar-refractivity contribution in [3.63, 3.8) is 0 Å². The van der Waals surface area contributed by atoms with Crippen molar-refractivity contribution in [1.29, 1.82) is 0 Å². The van der Waals surface area contributed by atoms with Crippen LogP contribution in [0.1, 0.15) is 12.1 Å². The number of ether oxygens (including phenoxy) is 1. The lowest BCUT2D eigenvalue weighted by Gasteiger charge is -2.18. The van der Waals surface area contributed by atoms with Gasteiger partial charge in [0.25, 0.3) is 0 Å². The fraction of sp³-hybridized carbons (Fsp3) is 0.412. The number of alkyl halides is 3.